The minimum atomic E-state index is -0.809. The minimum absolute atomic E-state index is 0.00166. The molecule has 1 amide bonds. The fraction of sp³-hybridized carbons (Fsp3) is 0.290. The molecule has 7 nitrogen and oxygen atoms in total. The van der Waals surface area contributed by atoms with Crippen molar-refractivity contribution in [3.8, 4) is 17.2 Å². The summed E-state index contributed by atoms with van der Waals surface area (Å²) in [5.41, 5.74) is 1.08. The second-order valence-electron chi connectivity index (χ2n) is 9.59. The van der Waals surface area contributed by atoms with Crippen molar-refractivity contribution in [2.75, 3.05) is 13.2 Å². The van der Waals surface area contributed by atoms with Gasteiger partial charge in [-0.1, -0.05) is 30.3 Å². The lowest BCUT2D eigenvalue weighted by Gasteiger charge is -2.26. The molecule has 1 unspecified atom stereocenters. The number of ketones is 1. The van der Waals surface area contributed by atoms with Crippen LogP contribution in [0.5, 0.6) is 17.2 Å². The first kappa shape index (κ1) is 26.9. The molecule has 38 heavy (non-hydrogen) atoms. The number of nitrogens with zero attached hydrogens (tertiary/aromatic N) is 1. The second-order valence-corrected chi connectivity index (χ2v) is 9.59. The lowest BCUT2D eigenvalue weighted by atomic mass is 9.95. The number of aliphatic hydroxyl groups excluding tert-OH is 1. The van der Waals surface area contributed by atoms with Crippen LogP contribution in [0.3, 0.4) is 0 Å². The van der Waals surface area contributed by atoms with Crippen LogP contribution < -0.4 is 9.47 Å². The number of carbonyl (C=O) groups excluding carboxylic acids is 2. The van der Waals surface area contributed by atoms with Gasteiger partial charge in [-0.25, -0.2) is 0 Å². The predicted molar refractivity (Wildman–Crippen MR) is 145 cm³/mol. The number of hydrogen-bond donors (Lipinski definition) is 1. The zero-order valence-corrected chi connectivity index (χ0v) is 22.1. The van der Waals surface area contributed by atoms with Gasteiger partial charge in [0, 0.05) is 12.1 Å². The van der Waals surface area contributed by atoms with Crippen LogP contribution in [0.25, 0.3) is 5.76 Å². The maximum absolute atomic E-state index is 13.3. The monoisotopic (exact) mass is 515 g/mol. The highest BCUT2D eigenvalue weighted by Crippen LogP contribution is 2.40. The van der Waals surface area contributed by atoms with E-state index in [2.05, 4.69) is 0 Å². The first-order chi connectivity index (χ1) is 18.2. The van der Waals surface area contributed by atoms with E-state index in [0.717, 1.165) is 0 Å². The van der Waals surface area contributed by atoms with Gasteiger partial charge in [0.1, 0.15) is 23.0 Å². The predicted octanol–water partition coefficient (Wildman–Crippen LogP) is 6.11. The Hall–Kier alpha value is -4.10. The summed E-state index contributed by atoms with van der Waals surface area (Å²) in [5.74, 6) is 0.184. The Balaban J connectivity index is 1.74. The maximum atomic E-state index is 13.3. The SMILES string of the molecule is CC(C)OCCN1C(=O)C(=O)/C(=C(\O)c2ccc(OC(C)C)cc2)C1c1cccc(Oc2ccccc2)c1. The van der Waals surface area contributed by atoms with Crippen molar-refractivity contribution >= 4 is 17.4 Å². The molecule has 1 aliphatic rings. The number of rotatable bonds is 10. The Morgan fingerprint density at radius 1 is 0.842 bits per heavy atom. The van der Waals surface area contributed by atoms with Gasteiger partial charge in [0.15, 0.2) is 0 Å². The standard InChI is InChI=1S/C31H33NO6/c1-20(2)36-18-17-32-28(23-9-8-12-26(19-23)38-24-10-6-5-7-11-24)27(30(34)31(32)35)29(33)22-13-15-25(16-14-22)37-21(3)4/h5-16,19-21,28,33H,17-18H2,1-4H3/b29-27-. The number of benzene rings is 3. The summed E-state index contributed by atoms with van der Waals surface area (Å²) in [6.45, 7) is 8.10. The third-order valence-corrected chi connectivity index (χ3v) is 5.98. The molecule has 1 heterocycles. The fourth-order valence-corrected chi connectivity index (χ4v) is 4.34. The zero-order chi connectivity index (χ0) is 27.2. The molecule has 0 radical (unpaired) electrons. The molecule has 0 spiro atoms. The molecule has 1 N–H and O–H groups in total. The molecular formula is C31H33NO6. The van der Waals surface area contributed by atoms with Gasteiger partial charge in [0.05, 0.1) is 30.4 Å². The maximum Gasteiger partial charge on any atom is 0.295 e. The summed E-state index contributed by atoms with van der Waals surface area (Å²) >= 11 is 0. The van der Waals surface area contributed by atoms with Crippen LogP contribution in [-0.2, 0) is 14.3 Å². The summed E-state index contributed by atoms with van der Waals surface area (Å²) in [6, 6.07) is 22.5. The average molecular weight is 516 g/mol. The number of para-hydroxylation sites is 1. The number of carbonyl (C=O) groups is 2. The van der Waals surface area contributed by atoms with Crippen LogP contribution in [-0.4, -0.2) is 47.1 Å². The van der Waals surface area contributed by atoms with Gasteiger partial charge in [-0.05, 0) is 81.8 Å². The summed E-state index contributed by atoms with van der Waals surface area (Å²) in [4.78, 5) is 27.9. The Morgan fingerprint density at radius 2 is 1.53 bits per heavy atom. The number of Topliss-reactive ketones (excluding diaryl/α,β-unsaturated/α-hetero) is 1. The molecule has 3 aromatic rings. The topological polar surface area (TPSA) is 85.3 Å². The highest BCUT2D eigenvalue weighted by Gasteiger charge is 2.46. The van der Waals surface area contributed by atoms with Crippen LogP contribution >= 0.6 is 0 Å². The molecule has 1 aliphatic heterocycles. The molecule has 0 bridgehead atoms. The van der Waals surface area contributed by atoms with E-state index >= 15 is 0 Å². The van der Waals surface area contributed by atoms with Crippen LogP contribution in [0.15, 0.2) is 84.4 Å². The highest BCUT2D eigenvalue weighted by atomic mass is 16.5. The van der Waals surface area contributed by atoms with Gasteiger partial charge in [0.25, 0.3) is 11.7 Å². The van der Waals surface area contributed by atoms with E-state index in [0.29, 0.717) is 28.4 Å². The van der Waals surface area contributed by atoms with Crippen molar-refractivity contribution in [2.24, 2.45) is 0 Å². The van der Waals surface area contributed by atoms with Gasteiger partial charge in [-0.15, -0.1) is 0 Å². The largest absolute Gasteiger partial charge is 0.507 e. The summed E-state index contributed by atoms with van der Waals surface area (Å²) in [7, 11) is 0. The Kier molecular flexibility index (Phi) is 8.48. The Labute approximate surface area is 223 Å². The first-order valence-electron chi connectivity index (χ1n) is 12.7. The van der Waals surface area contributed by atoms with Gasteiger partial charge in [0.2, 0.25) is 0 Å². The molecule has 1 atom stereocenters. The lowest BCUT2D eigenvalue weighted by Crippen LogP contribution is -2.33. The molecule has 1 fully saturated rings. The van der Waals surface area contributed by atoms with Gasteiger partial charge in [-0.3, -0.25) is 9.59 Å². The first-order valence-corrected chi connectivity index (χ1v) is 12.7. The quantitative estimate of drug-likeness (QED) is 0.199. The molecule has 0 saturated carbocycles. The molecule has 4 rings (SSSR count). The third-order valence-electron chi connectivity index (χ3n) is 5.98. The summed E-state index contributed by atoms with van der Waals surface area (Å²) in [6.07, 6.45) is -0.0299. The number of amides is 1. The van der Waals surface area contributed by atoms with Crippen molar-refractivity contribution in [2.45, 2.75) is 45.9 Å². The number of aliphatic hydroxyl groups is 1. The van der Waals surface area contributed by atoms with E-state index in [9.17, 15) is 14.7 Å². The van der Waals surface area contributed by atoms with Crippen LogP contribution in [0, 0.1) is 0 Å². The number of ether oxygens (including phenoxy) is 3. The lowest BCUT2D eigenvalue weighted by molar-refractivity contribution is -0.140. The summed E-state index contributed by atoms with van der Waals surface area (Å²) < 4.78 is 17.4. The third kappa shape index (κ3) is 6.23. The molecule has 198 valence electrons. The normalized spacial score (nSPS) is 16.9. The van der Waals surface area contributed by atoms with E-state index in [1.165, 1.54) is 4.90 Å². The van der Waals surface area contributed by atoms with Gasteiger partial charge in [-0.2, -0.15) is 0 Å². The smallest absolute Gasteiger partial charge is 0.295 e. The van der Waals surface area contributed by atoms with Crippen LogP contribution in [0.1, 0.15) is 44.9 Å². The fourth-order valence-electron chi connectivity index (χ4n) is 4.34. The molecule has 1 saturated heterocycles. The van der Waals surface area contributed by atoms with E-state index in [-0.39, 0.29) is 36.7 Å². The van der Waals surface area contributed by atoms with E-state index in [1.807, 2.05) is 64.1 Å². The zero-order valence-electron chi connectivity index (χ0n) is 22.1. The molecular weight excluding hydrogens is 482 g/mol. The highest BCUT2D eigenvalue weighted by molar-refractivity contribution is 6.46. The average Bonchev–Trinajstić information content (AvgIpc) is 3.14. The van der Waals surface area contributed by atoms with Gasteiger partial charge >= 0.3 is 0 Å². The van der Waals surface area contributed by atoms with Crippen molar-refractivity contribution < 1.29 is 28.9 Å². The number of likely N-dealkylation sites (tertiary alicyclic amines) is 1. The van der Waals surface area contributed by atoms with E-state index in [1.54, 1.807) is 42.5 Å². The molecule has 3 aromatic carbocycles. The summed E-state index contributed by atoms with van der Waals surface area (Å²) in [5, 5.41) is 11.3. The van der Waals surface area contributed by atoms with Crippen LogP contribution in [0.4, 0.5) is 0 Å². The van der Waals surface area contributed by atoms with Crippen molar-refractivity contribution in [3.05, 3.63) is 95.6 Å². The molecule has 0 aromatic heterocycles. The van der Waals surface area contributed by atoms with Gasteiger partial charge < -0.3 is 24.2 Å². The van der Waals surface area contributed by atoms with E-state index in [4.69, 9.17) is 14.2 Å². The molecule has 7 heteroatoms. The molecule has 0 aliphatic carbocycles. The van der Waals surface area contributed by atoms with E-state index < -0.39 is 17.7 Å². The van der Waals surface area contributed by atoms with Crippen molar-refractivity contribution in [1.82, 2.24) is 4.90 Å². The van der Waals surface area contributed by atoms with Crippen molar-refractivity contribution in [3.63, 3.8) is 0 Å². The minimum Gasteiger partial charge on any atom is -0.507 e. The van der Waals surface area contributed by atoms with Crippen molar-refractivity contribution in [1.29, 1.82) is 0 Å². The Morgan fingerprint density at radius 3 is 2.18 bits per heavy atom. The van der Waals surface area contributed by atoms with Crippen LogP contribution in [0.2, 0.25) is 0 Å². The second kappa shape index (κ2) is 12.0. The Bertz CT molecular complexity index is 1300. The number of hydrogen-bond acceptors (Lipinski definition) is 6.